The fraction of sp³-hybridized carbons (Fsp3) is 0.167. The number of hydrogen-bond donors (Lipinski definition) is 2. The van der Waals surface area contributed by atoms with Gasteiger partial charge in [0.05, 0.1) is 30.5 Å². The van der Waals surface area contributed by atoms with E-state index in [9.17, 15) is 0 Å². The molecule has 1 heterocycles. The monoisotopic (exact) mass is 527 g/mol. The van der Waals surface area contributed by atoms with Crippen LogP contribution in [0.3, 0.4) is 0 Å². The third kappa shape index (κ3) is 5.83. The highest BCUT2D eigenvalue weighted by Gasteiger charge is 2.04. The van der Waals surface area contributed by atoms with Gasteiger partial charge < -0.3 is 20.4 Å². The molecular formula is C24H26IN5O. The van der Waals surface area contributed by atoms with Gasteiger partial charge in [-0.1, -0.05) is 54.6 Å². The number of aromatic nitrogens is 2. The lowest BCUT2D eigenvalue weighted by Gasteiger charge is -2.11. The van der Waals surface area contributed by atoms with E-state index in [0.29, 0.717) is 19.1 Å². The van der Waals surface area contributed by atoms with E-state index in [1.165, 1.54) is 5.56 Å². The molecule has 0 amide bonds. The maximum absolute atomic E-state index is 6.08. The third-order valence-electron chi connectivity index (χ3n) is 4.92. The summed E-state index contributed by atoms with van der Waals surface area (Å²) in [4.78, 5) is 8.91. The van der Waals surface area contributed by atoms with Crippen LogP contribution < -0.4 is 11.1 Å². The van der Waals surface area contributed by atoms with E-state index in [1.807, 2.05) is 48.8 Å². The van der Waals surface area contributed by atoms with Gasteiger partial charge >= 0.3 is 0 Å². The van der Waals surface area contributed by atoms with Gasteiger partial charge in [-0.15, -0.1) is 24.0 Å². The summed E-state index contributed by atoms with van der Waals surface area (Å²) in [6.07, 6.45) is 1.89. The maximum atomic E-state index is 6.08. The molecule has 7 heteroatoms. The van der Waals surface area contributed by atoms with Crippen molar-refractivity contribution in [1.82, 2.24) is 9.55 Å². The number of fused-ring (bicyclic) bond motifs is 1. The Morgan fingerprint density at radius 2 is 1.71 bits per heavy atom. The topological polar surface area (TPSA) is 77.5 Å². The summed E-state index contributed by atoms with van der Waals surface area (Å²) in [5, 5.41) is 3.16. The van der Waals surface area contributed by atoms with Crippen LogP contribution >= 0.6 is 24.0 Å². The van der Waals surface area contributed by atoms with Crippen LogP contribution in [0.5, 0.6) is 0 Å². The first-order chi connectivity index (χ1) is 14.7. The Bertz CT molecular complexity index is 1150. The number of benzene rings is 3. The highest BCUT2D eigenvalue weighted by molar-refractivity contribution is 14.0. The van der Waals surface area contributed by atoms with Crippen molar-refractivity contribution in [3.8, 4) is 0 Å². The molecule has 0 radical (unpaired) electrons. The Hall–Kier alpha value is -2.91. The Labute approximate surface area is 199 Å². The fourth-order valence-electron chi connectivity index (χ4n) is 3.36. The number of nitrogens with zero attached hydrogens (tertiary/aromatic N) is 3. The lowest BCUT2D eigenvalue weighted by molar-refractivity contribution is 0.185. The zero-order valence-electron chi connectivity index (χ0n) is 17.4. The van der Waals surface area contributed by atoms with Crippen LogP contribution in [0.4, 0.5) is 5.69 Å². The molecule has 0 saturated carbocycles. The molecular weight excluding hydrogens is 501 g/mol. The van der Waals surface area contributed by atoms with Crippen LogP contribution in [0.25, 0.3) is 11.0 Å². The summed E-state index contributed by atoms with van der Waals surface area (Å²) >= 11 is 0. The molecule has 3 aromatic carbocycles. The molecule has 4 aromatic rings. The Kier molecular flexibility index (Phi) is 8.02. The Morgan fingerprint density at radius 1 is 1.00 bits per heavy atom. The van der Waals surface area contributed by atoms with Gasteiger partial charge in [0.2, 0.25) is 0 Å². The normalized spacial score (nSPS) is 11.3. The van der Waals surface area contributed by atoms with Crippen molar-refractivity contribution >= 4 is 46.7 Å². The SMILES string of the molecule is COCc1ccccc1NC(N)=NCc1ccc(Cn2cnc3ccccc32)cc1.I. The summed E-state index contributed by atoms with van der Waals surface area (Å²) in [5.74, 6) is 0.382. The van der Waals surface area contributed by atoms with E-state index in [2.05, 4.69) is 50.2 Å². The van der Waals surface area contributed by atoms with Gasteiger partial charge in [-0.2, -0.15) is 0 Å². The molecule has 0 aliphatic heterocycles. The minimum atomic E-state index is 0. The van der Waals surface area contributed by atoms with Crippen LogP contribution in [0.15, 0.2) is 84.1 Å². The number of methoxy groups -OCH3 is 1. The van der Waals surface area contributed by atoms with Crippen molar-refractivity contribution in [2.24, 2.45) is 10.7 Å². The first kappa shape index (κ1) is 22.8. The molecule has 3 N–H and O–H groups in total. The summed E-state index contributed by atoms with van der Waals surface area (Å²) in [6, 6.07) is 24.5. The molecule has 0 atom stereocenters. The lowest BCUT2D eigenvalue weighted by atomic mass is 10.1. The van der Waals surface area contributed by atoms with Gasteiger partial charge in [0, 0.05) is 24.9 Å². The number of rotatable bonds is 7. The number of hydrogen-bond acceptors (Lipinski definition) is 3. The van der Waals surface area contributed by atoms with Crippen molar-refractivity contribution in [3.05, 3.63) is 95.8 Å². The van der Waals surface area contributed by atoms with Crippen LogP contribution in [0, 0.1) is 0 Å². The predicted molar refractivity (Wildman–Crippen MR) is 137 cm³/mol. The summed E-state index contributed by atoms with van der Waals surface area (Å²) in [5.41, 5.74) is 12.5. The smallest absolute Gasteiger partial charge is 0.193 e. The molecule has 6 nitrogen and oxygen atoms in total. The van der Waals surface area contributed by atoms with Crippen molar-refractivity contribution in [2.75, 3.05) is 12.4 Å². The Balaban J connectivity index is 0.00000272. The van der Waals surface area contributed by atoms with E-state index in [1.54, 1.807) is 7.11 Å². The molecule has 1 aromatic heterocycles. The molecule has 4 rings (SSSR count). The number of nitrogens with one attached hydrogen (secondary N) is 1. The average Bonchev–Trinajstić information content (AvgIpc) is 3.18. The Morgan fingerprint density at radius 3 is 2.52 bits per heavy atom. The van der Waals surface area contributed by atoms with Crippen LogP contribution in [0.2, 0.25) is 0 Å². The van der Waals surface area contributed by atoms with Gasteiger partial charge in [0.25, 0.3) is 0 Å². The number of halogens is 1. The van der Waals surface area contributed by atoms with Gasteiger partial charge in [-0.05, 0) is 29.3 Å². The first-order valence-electron chi connectivity index (χ1n) is 9.84. The van der Waals surface area contributed by atoms with Crippen molar-refractivity contribution in [3.63, 3.8) is 0 Å². The van der Waals surface area contributed by atoms with E-state index < -0.39 is 0 Å². The molecule has 0 saturated heterocycles. The fourth-order valence-corrected chi connectivity index (χ4v) is 3.36. The number of aliphatic imine (C=N–C) groups is 1. The van der Waals surface area contributed by atoms with E-state index in [0.717, 1.165) is 34.4 Å². The number of para-hydroxylation sites is 3. The van der Waals surface area contributed by atoms with E-state index in [-0.39, 0.29) is 24.0 Å². The maximum Gasteiger partial charge on any atom is 0.193 e. The van der Waals surface area contributed by atoms with Gasteiger partial charge in [0.15, 0.2) is 5.96 Å². The zero-order valence-corrected chi connectivity index (χ0v) is 19.7. The molecule has 0 fully saturated rings. The number of anilines is 1. The largest absolute Gasteiger partial charge is 0.380 e. The van der Waals surface area contributed by atoms with Crippen LogP contribution in [-0.2, 0) is 24.4 Å². The standard InChI is InChI=1S/C24H25N5O.HI/c1-30-16-20-6-2-3-7-21(20)28-24(25)26-14-18-10-12-19(13-11-18)15-29-17-27-22-8-4-5-9-23(22)29;/h2-13,17H,14-16H2,1H3,(H3,25,26,28);1H. The summed E-state index contributed by atoms with van der Waals surface area (Å²) in [6.45, 7) is 1.81. The molecule has 0 aliphatic carbocycles. The van der Waals surface area contributed by atoms with Gasteiger partial charge in [-0.25, -0.2) is 9.98 Å². The first-order valence-corrected chi connectivity index (χ1v) is 9.84. The minimum Gasteiger partial charge on any atom is -0.380 e. The number of guanidine groups is 1. The highest BCUT2D eigenvalue weighted by atomic mass is 127. The van der Waals surface area contributed by atoms with Gasteiger partial charge in [-0.3, -0.25) is 0 Å². The minimum absolute atomic E-state index is 0. The van der Waals surface area contributed by atoms with Crippen molar-refractivity contribution in [1.29, 1.82) is 0 Å². The zero-order chi connectivity index (χ0) is 20.8. The number of imidazole rings is 1. The second kappa shape index (κ2) is 10.9. The highest BCUT2D eigenvalue weighted by Crippen LogP contribution is 2.16. The quantitative estimate of drug-likeness (QED) is 0.206. The summed E-state index contributed by atoms with van der Waals surface area (Å²) in [7, 11) is 1.67. The lowest BCUT2D eigenvalue weighted by Crippen LogP contribution is -2.23. The van der Waals surface area contributed by atoms with Crippen molar-refractivity contribution in [2.45, 2.75) is 19.7 Å². The van der Waals surface area contributed by atoms with Gasteiger partial charge in [0.1, 0.15) is 0 Å². The van der Waals surface area contributed by atoms with E-state index in [4.69, 9.17) is 10.5 Å². The molecule has 0 spiro atoms. The predicted octanol–water partition coefficient (Wildman–Crippen LogP) is 4.78. The number of nitrogens with two attached hydrogens (primary N) is 1. The van der Waals surface area contributed by atoms with Crippen molar-refractivity contribution < 1.29 is 4.74 Å². The second-order valence-electron chi connectivity index (χ2n) is 7.09. The second-order valence-corrected chi connectivity index (χ2v) is 7.09. The molecule has 0 aliphatic rings. The molecule has 0 unspecified atom stereocenters. The van der Waals surface area contributed by atoms with Crippen LogP contribution in [-0.4, -0.2) is 22.6 Å². The van der Waals surface area contributed by atoms with E-state index >= 15 is 0 Å². The summed E-state index contributed by atoms with van der Waals surface area (Å²) < 4.78 is 7.38. The molecule has 0 bridgehead atoms. The average molecular weight is 527 g/mol. The third-order valence-corrected chi connectivity index (χ3v) is 4.92. The number of ether oxygens (including phenoxy) is 1. The molecule has 160 valence electrons. The molecule has 31 heavy (non-hydrogen) atoms. The van der Waals surface area contributed by atoms with Crippen LogP contribution in [0.1, 0.15) is 16.7 Å².